The van der Waals surface area contributed by atoms with E-state index in [4.69, 9.17) is 0 Å². The first-order chi connectivity index (χ1) is 9.16. The molecule has 0 radical (unpaired) electrons. The molecule has 98 valence electrons. The molecule has 19 heavy (non-hydrogen) atoms. The highest BCUT2D eigenvalue weighted by Gasteiger charge is 2.09. The Labute approximate surface area is 111 Å². The Morgan fingerprint density at radius 2 is 2.00 bits per heavy atom. The molecule has 0 spiro atoms. The average molecular weight is 256 g/mol. The number of rotatable bonds is 4. The van der Waals surface area contributed by atoms with Gasteiger partial charge in [0.2, 0.25) is 5.56 Å². The van der Waals surface area contributed by atoms with Gasteiger partial charge in [-0.15, -0.1) is 0 Å². The van der Waals surface area contributed by atoms with Gasteiger partial charge >= 0.3 is 0 Å². The number of aromatic amines is 1. The fourth-order valence-electron chi connectivity index (χ4n) is 1.83. The lowest BCUT2D eigenvalue weighted by Gasteiger charge is -2.12. The maximum atomic E-state index is 11.9. The van der Waals surface area contributed by atoms with Gasteiger partial charge in [0.25, 0.3) is 5.91 Å². The number of pyridine rings is 1. The van der Waals surface area contributed by atoms with E-state index in [0.29, 0.717) is 12.1 Å². The van der Waals surface area contributed by atoms with Gasteiger partial charge in [-0.25, -0.2) is 0 Å². The van der Waals surface area contributed by atoms with Crippen molar-refractivity contribution >= 4 is 5.91 Å². The number of amides is 1. The summed E-state index contributed by atoms with van der Waals surface area (Å²) in [6.07, 6.45) is 1.47. The Kier molecular flexibility index (Phi) is 4.13. The van der Waals surface area contributed by atoms with E-state index in [1.54, 1.807) is 6.07 Å². The minimum atomic E-state index is -0.274. The maximum absolute atomic E-state index is 11.9. The second kappa shape index (κ2) is 6.00. The third-order valence-corrected chi connectivity index (χ3v) is 2.97. The molecule has 0 aliphatic rings. The average Bonchev–Trinajstić information content (AvgIpc) is 2.45. The molecule has 0 bridgehead atoms. The van der Waals surface area contributed by atoms with Crippen LogP contribution in [0.3, 0.4) is 0 Å². The molecule has 2 N–H and O–H groups in total. The van der Waals surface area contributed by atoms with E-state index in [1.165, 1.54) is 17.8 Å². The maximum Gasteiger partial charge on any atom is 0.251 e. The van der Waals surface area contributed by atoms with Gasteiger partial charge in [0.1, 0.15) is 0 Å². The molecule has 0 saturated carbocycles. The van der Waals surface area contributed by atoms with Crippen LogP contribution in [0.15, 0.2) is 53.5 Å². The van der Waals surface area contributed by atoms with Crippen molar-refractivity contribution in [2.24, 2.45) is 0 Å². The van der Waals surface area contributed by atoms with E-state index in [1.807, 2.05) is 37.3 Å². The topological polar surface area (TPSA) is 62.0 Å². The van der Waals surface area contributed by atoms with Crippen LogP contribution in [0.5, 0.6) is 0 Å². The number of H-pyrrole nitrogens is 1. The molecule has 1 amide bonds. The predicted octanol–water partition coefficient (Wildman–Crippen LogP) is 1.91. The second-order valence-corrected chi connectivity index (χ2v) is 4.46. The Morgan fingerprint density at radius 3 is 2.68 bits per heavy atom. The molecule has 2 rings (SSSR count). The van der Waals surface area contributed by atoms with E-state index in [2.05, 4.69) is 10.3 Å². The van der Waals surface area contributed by atoms with Crippen molar-refractivity contribution in [2.45, 2.75) is 12.8 Å². The zero-order valence-corrected chi connectivity index (χ0v) is 10.7. The van der Waals surface area contributed by atoms with Crippen molar-refractivity contribution in [3.8, 4) is 0 Å². The molecule has 2 aromatic rings. The SMILES string of the molecule is CC(CNC(=O)c1cc[nH]c(=O)c1)c1ccccc1. The lowest BCUT2D eigenvalue weighted by molar-refractivity contribution is 0.0951. The van der Waals surface area contributed by atoms with Crippen LogP contribution >= 0.6 is 0 Å². The van der Waals surface area contributed by atoms with Gasteiger partial charge in [-0.2, -0.15) is 0 Å². The summed E-state index contributed by atoms with van der Waals surface area (Å²) in [5, 5.41) is 2.83. The lowest BCUT2D eigenvalue weighted by atomic mass is 10.0. The Hall–Kier alpha value is -2.36. The number of hydrogen-bond acceptors (Lipinski definition) is 2. The number of nitrogens with one attached hydrogen (secondary N) is 2. The normalized spacial score (nSPS) is 11.8. The van der Waals surface area contributed by atoms with E-state index < -0.39 is 0 Å². The molecule has 0 fully saturated rings. The molecular formula is C15H16N2O2. The van der Waals surface area contributed by atoms with Gasteiger partial charge in [0.15, 0.2) is 0 Å². The van der Waals surface area contributed by atoms with Crippen molar-refractivity contribution in [3.05, 3.63) is 70.1 Å². The molecule has 1 atom stereocenters. The summed E-state index contributed by atoms with van der Waals surface area (Å²) in [6, 6.07) is 12.9. The Bertz CT molecular complexity index is 605. The standard InChI is InChI=1S/C15H16N2O2/c1-11(12-5-3-2-4-6-12)10-17-15(19)13-7-8-16-14(18)9-13/h2-9,11H,10H2,1H3,(H,16,18)(H,17,19). The van der Waals surface area contributed by atoms with E-state index >= 15 is 0 Å². The molecule has 0 aliphatic carbocycles. The van der Waals surface area contributed by atoms with Crippen molar-refractivity contribution in [2.75, 3.05) is 6.54 Å². The third-order valence-electron chi connectivity index (χ3n) is 2.97. The number of carbonyl (C=O) groups excluding carboxylic acids is 1. The highest BCUT2D eigenvalue weighted by Crippen LogP contribution is 2.13. The summed E-state index contributed by atoms with van der Waals surface area (Å²) in [5.74, 6) is 0.000952. The predicted molar refractivity (Wildman–Crippen MR) is 74.3 cm³/mol. The van der Waals surface area contributed by atoms with Crippen LogP contribution in [0.25, 0.3) is 0 Å². The Morgan fingerprint density at radius 1 is 1.26 bits per heavy atom. The van der Waals surface area contributed by atoms with Gasteiger partial charge in [0.05, 0.1) is 0 Å². The first kappa shape index (κ1) is 13.1. The molecule has 1 unspecified atom stereocenters. The van der Waals surface area contributed by atoms with Crippen molar-refractivity contribution in [1.29, 1.82) is 0 Å². The van der Waals surface area contributed by atoms with Crippen LogP contribution in [-0.2, 0) is 0 Å². The van der Waals surface area contributed by atoms with Crippen LogP contribution in [-0.4, -0.2) is 17.4 Å². The van der Waals surface area contributed by atoms with Crippen molar-refractivity contribution in [1.82, 2.24) is 10.3 Å². The molecule has 1 heterocycles. The van der Waals surface area contributed by atoms with Crippen LogP contribution in [0, 0.1) is 0 Å². The van der Waals surface area contributed by atoms with Crippen molar-refractivity contribution in [3.63, 3.8) is 0 Å². The minimum Gasteiger partial charge on any atom is -0.351 e. The third kappa shape index (κ3) is 3.55. The fraction of sp³-hybridized carbons (Fsp3) is 0.200. The summed E-state index contributed by atoms with van der Waals surface area (Å²) in [6.45, 7) is 2.59. The largest absolute Gasteiger partial charge is 0.351 e. The van der Waals surface area contributed by atoms with Crippen LogP contribution in [0.2, 0.25) is 0 Å². The zero-order valence-electron chi connectivity index (χ0n) is 10.7. The summed E-state index contributed by atoms with van der Waals surface area (Å²) in [5.41, 5.74) is 1.28. The smallest absolute Gasteiger partial charge is 0.251 e. The van der Waals surface area contributed by atoms with Crippen LogP contribution in [0.4, 0.5) is 0 Å². The summed E-state index contributed by atoms with van der Waals surface area (Å²) < 4.78 is 0. The van der Waals surface area contributed by atoms with Gasteiger partial charge < -0.3 is 10.3 Å². The molecule has 1 aromatic carbocycles. The van der Waals surface area contributed by atoms with E-state index in [-0.39, 0.29) is 17.4 Å². The molecule has 0 aliphatic heterocycles. The lowest BCUT2D eigenvalue weighted by Crippen LogP contribution is -2.28. The molecule has 4 heteroatoms. The van der Waals surface area contributed by atoms with Crippen LogP contribution < -0.4 is 10.9 Å². The summed E-state index contributed by atoms with van der Waals surface area (Å²) in [4.78, 5) is 25.5. The highest BCUT2D eigenvalue weighted by molar-refractivity contribution is 5.93. The number of aromatic nitrogens is 1. The van der Waals surface area contributed by atoms with Gasteiger partial charge in [-0.3, -0.25) is 9.59 Å². The minimum absolute atomic E-state index is 0.228. The number of benzene rings is 1. The summed E-state index contributed by atoms with van der Waals surface area (Å²) >= 11 is 0. The molecule has 4 nitrogen and oxygen atoms in total. The van der Waals surface area contributed by atoms with E-state index in [9.17, 15) is 9.59 Å². The Balaban J connectivity index is 1.96. The highest BCUT2D eigenvalue weighted by atomic mass is 16.2. The molecule has 1 aromatic heterocycles. The van der Waals surface area contributed by atoms with Gasteiger partial charge in [0, 0.05) is 24.4 Å². The number of hydrogen-bond donors (Lipinski definition) is 2. The summed E-state index contributed by atoms with van der Waals surface area (Å²) in [7, 11) is 0. The second-order valence-electron chi connectivity index (χ2n) is 4.46. The quantitative estimate of drug-likeness (QED) is 0.877. The number of carbonyl (C=O) groups is 1. The van der Waals surface area contributed by atoms with Gasteiger partial charge in [-0.05, 0) is 17.5 Å². The monoisotopic (exact) mass is 256 g/mol. The molecule has 0 saturated heterocycles. The fourth-order valence-corrected chi connectivity index (χ4v) is 1.83. The van der Waals surface area contributed by atoms with E-state index in [0.717, 1.165) is 0 Å². The van der Waals surface area contributed by atoms with Gasteiger partial charge in [-0.1, -0.05) is 37.3 Å². The first-order valence-corrected chi connectivity index (χ1v) is 6.18. The van der Waals surface area contributed by atoms with Crippen molar-refractivity contribution < 1.29 is 4.79 Å². The zero-order chi connectivity index (χ0) is 13.7. The molecular weight excluding hydrogens is 240 g/mol. The van der Waals surface area contributed by atoms with Crippen LogP contribution in [0.1, 0.15) is 28.8 Å². The first-order valence-electron chi connectivity index (χ1n) is 6.18.